The molecule has 0 aliphatic carbocycles. The highest BCUT2D eigenvalue weighted by molar-refractivity contribution is 7.47. The maximum absolute atomic E-state index is 12.9. The average Bonchev–Trinajstić information content (AvgIpc) is 3.20. The molecule has 0 aromatic heterocycles. The topological polar surface area (TPSA) is 105 Å². The third-order valence-corrected chi connectivity index (χ3v) is 11.0. The highest BCUT2D eigenvalue weighted by Crippen LogP contribution is 2.43. The number of allylic oxidation sites excluding steroid dienone is 13. The molecule has 3 N–H and O–H groups in total. The zero-order valence-corrected chi connectivity index (χ0v) is 40.1. The smallest absolute Gasteiger partial charge is 0.387 e. The second-order valence-electron chi connectivity index (χ2n) is 17.1. The van der Waals surface area contributed by atoms with Crippen LogP contribution >= 0.6 is 7.82 Å². The van der Waals surface area contributed by atoms with Crippen molar-refractivity contribution in [2.45, 2.75) is 193 Å². The molecule has 3 unspecified atom stereocenters. The number of unbranched alkanes of at least 4 members (excludes halogenated alkanes) is 17. The summed E-state index contributed by atoms with van der Waals surface area (Å²) >= 11 is 0. The monoisotopic (exact) mass is 860 g/mol. The summed E-state index contributed by atoms with van der Waals surface area (Å²) in [7, 11) is 1.53. The van der Waals surface area contributed by atoms with Gasteiger partial charge in [0.25, 0.3) is 0 Å². The van der Waals surface area contributed by atoms with Crippen LogP contribution in [0.5, 0.6) is 0 Å². The third-order valence-electron chi connectivity index (χ3n) is 10.1. The Morgan fingerprint density at radius 3 is 1.52 bits per heavy atom. The van der Waals surface area contributed by atoms with Crippen molar-refractivity contribution in [3.05, 3.63) is 85.1 Å². The van der Waals surface area contributed by atoms with Gasteiger partial charge in [0.05, 0.1) is 39.9 Å². The number of amides is 1. The van der Waals surface area contributed by atoms with Crippen LogP contribution in [0.2, 0.25) is 0 Å². The Hall–Kier alpha value is -2.32. The first kappa shape index (κ1) is 57.7. The van der Waals surface area contributed by atoms with Crippen LogP contribution in [0.1, 0.15) is 181 Å². The maximum atomic E-state index is 12.9. The Morgan fingerprint density at radius 2 is 1.02 bits per heavy atom. The lowest BCUT2D eigenvalue weighted by atomic mass is 10.0. The van der Waals surface area contributed by atoms with Gasteiger partial charge in [-0.25, -0.2) is 4.57 Å². The van der Waals surface area contributed by atoms with Crippen LogP contribution in [-0.4, -0.2) is 73.4 Å². The normalized spacial score (nSPS) is 15.0. The quantitative estimate of drug-likeness (QED) is 0.0244. The minimum atomic E-state index is -4.35. The highest BCUT2D eigenvalue weighted by atomic mass is 31.2. The fraction of sp³-hybridized carbons (Fsp3) is 0.706. The Bertz CT molecular complexity index is 1250. The van der Waals surface area contributed by atoms with Crippen LogP contribution < -0.4 is 5.32 Å². The van der Waals surface area contributed by atoms with Gasteiger partial charge in [-0.3, -0.25) is 13.8 Å². The standard InChI is InChI=1S/C51H91N2O6P/c1-6-8-10-12-14-16-18-19-20-21-22-23-24-25-26-27-28-29-30-31-32-33-35-37-39-41-43-45-51(55)52-49(48-59-60(56,57)58-47-46-53(3,4)5)50(54)44-42-40-38-36-34-17-15-13-11-9-7-2/h8,10-11,13-14,16,19-20,22-23,34,36,42,44,49-50,54H,6-7,9,12,15,17-18,21,24-33,35,37-41,43,45-48H2,1-5H3,(H-,52,55,56,57)/p+1/b10-8-,13-11+,16-14-,20-19-,23-22-,36-34+,44-42+. The van der Waals surface area contributed by atoms with Gasteiger partial charge in [0.2, 0.25) is 5.91 Å². The van der Waals surface area contributed by atoms with Gasteiger partial charge >= 0.3 is 7.82 Å². The van der Waals surface area contributed by atoms with Crippen LogP contribution in [0.15, 0.2) is 85.1 Å². The molecule has 0 aliphatic rings. The summed E-state index contributed by atoms with van der Waals surface area (Å²) < 4.78 is 23.5. The number of nitrogens with zero attached hydrogens (tertiary/aromatic N) is 1. The van der Waals surface area contributed by atoms with Crippen molar-refractivity contribution < 1.29 is 32.9 Å². The number of carbonyl (C=O) groups excluding carboxylic acids is 1. The molecular formula is C51H92N2O6P+. The summed E-state index contributed by atoms with van der Waals surface area (Å²) in [5.41, 5.74) is 0. The molecular weight excluding hydrogens is 768 g/mol. The van der Waals surface area contributed by atoms with Crippen molar-refractivity contribution in [3.63, 3.8) is 0 Å². The Labute approximate surface area is 369 Å². The SMILES string of the molecule is CC/C=C\C/C=C\C/C=C\C/C=C\CCCCCCCCCCCCCCCCC(=O)NC(COP(=O)(O)OCC[N+](C)(C)C)C(O)/C=C/CC/C=C/CC/C=C/CCC. The van der Waals surface area contributed by atoms with Gasteiger partial charge in [0, 0.05) is 6.42 Å². The van der Waals surface area contributed by atoms with Gasteiger partial charge in [-0.1, -0.05) is 182 Å². The molecule has 0 aliphatic heterocycles. The average molecular weight is 860 g/mol. The number of likely N-dealkylation sites (N-methyl/N-ethyl adjacent to an activating group) is 1. The molecule has 0 saturated heterocycles. The molecule has 60 heavy (non-hydrogen) atoms. The number of aliphatic hydroxyl groups excluding tert-OH is 1. The van der Waals surface area contributed by atoms with E-state index in [9.17, 15) is 19.4 Å². The number of phosphoric ester groups is 1. The number of hydrogen-bond donors (Lipinski definition) is 3. The first-order valence-electron chi connectivity index (χ1n) is 24.0. The predicted octanol–water partition coefficient (Wildman–Crippen LogP) is 13.7. The molecule has 8 nitrogen and oxygen atoms in total. The van der Waals surface area contributed by atoms with E-state index in [0.717, 1.165) is 77.0 Å². The molecule has 0 aromatic carbocycles. The van der Waals surface area contributed by atoms with E-state index in [2.05, 4.69) is 92.1 Å². The van der Waals surface area contributed by atoms with Gasteiger partial charge in [-0.05, 0) is 77.0 Å². The van der Waals surface area contributed by atoms with Crippen LogP contribution in [-0.2, 0) is 18.4 Å². The molecule has 3 atom stereocenters. The van der Waals surface area contributed by atoms with Crippen molar-refractivity contribution in [1.82, 2.24) is 5.32 Å². The Morgan fingerprint density at radius 1 is 0.583 bits per heavy atom. The zero-order valence-electron chi connectivity index (χ0n) is 39.2. The fourth-order valence-corrected chi connectivity index (χ4v) is 7.04. The summed E-state index contributed by atoms with van der Waals surface area (Å²) in [6.07, 6.45) is 58.2. The number of quaternary nitrogens is 1. The molecule has 9 heteroatoms. The molecule has 0 radical (unpaired) electrons. The lowest BCUT2D eigenvalue weighted by molar-refractivity contribution is -0.870. The van der Waals surface area contributed by atoms with E-state index in [0.29, 0.717) is 17.4 Å². The van der Waals surface area contributed by atoms with E-state index in [-0.39, 0.29) is 19.1 Å². The summed E-state index contributed by atoms with van der Waals surface area (Å²) in [4.78, 5) is 23.1. The van der Waals surface area contributed by atoms with Gasteiger partial charge in [0.1, 0.15) is 13.2 Å². The minimum absolute atomic E-state index is 0.0499. The molecule has 1 amide bonds. The number of aliphatic hydroxyl groups is 1. The molecule has 346 valence electrons. The van der Waals surface area contributed by atoms with E-state index in [1.54, 1.807) is 6.08 Å². The van der Waals surface area contributed by atoms with E-state index in [1.165, 1.54) is 83.5 Å². The lowest BCUT2D eigenvalue weighted by Crippen LogP contribution is -2.45. The molecule has 0 bridgehead atoms. The van der Waals surface area contributed by atoms with E-state index >= 15 is 0 Å². The van der Waals surface area contributed by atoms with Crippen LogP contribution in [0.25, 0.3) is 0 Å². The van der Waals surface area contributed by atoms with Crippen LogP contribution in [0, 0.1) is 0 Å². The molecule has 0 aromatic rings. The number of phosphoric acid groups is 1. The lowest BCUT2D eigenvalue weighted by Gasteiger charge is -2.25. The fourth-order valence-electron chi connectivity index (χ4n) is 6.31. The van der Waals surface area contributed by atoms with Gasteiger partial charge in [0.15, 0.2) is 0 Å². The summed E-state index contributed by atoms with van der Waals surface area (Å²) in [6, 6.07) is -0.872. The highest BCUT2D eigenvalue weighted by Gasteiger charge is 2.27. The number of rotatable bonds is 42. The number of hydrogen-bond acceptors (Lipinski definition) is 5. The minimum Gasteiger partial charge on any atom is -0.387 e. The maximum Gasteiger partial charge on any atom is 0.472 e. The van der Waals surface area contributed by atoms with Gasteiger partial charge in [-0.15, -0.1) is 0 Å². The van der Waals surface area contributed by atoms with Gasteiger partial charge in [-0.2, -0.15) is 0 Å². The Balaban J connectivity index is 4.20. The second-order valence-corrected chi connectivity index (χ2v) is 18.5. The van der Waals surface area contributed by atoms with Crippen LogP contribution in [0.4, 0.5) is 0 Å². The van der Waals surface area contributed by atoms with E-state index < -0.39 is 20.0 Å². The zero-order chi connectivity index (χ0) is 44.3. The van der Waals surface area contributed by atoms with Crippen molar-refractivity contribution in [2.24, 2.45) is 0 Å². The molecule has 0 rings (SSSR count). The van der Waals surface area contributed by atoms with E-state index in [4.69, 9.17) is 9.05 Å². The largest absolute Gasteiger partial charge is 0.472 e. The molecule has 0 spiro atoms. The third kappa shape index (κ3) is 43.8. The van der Waals surface area contributed by atoms with Crippen LogP contribution in [0.3, 0.4) is 0 Å². The first-order chi connectivity index (χ1) is 29.0. The molecule has 0 saturated carbocycles. The number of carbonyl (C=O) groups is 1. The van der Waals surface area contributed by atoms with Crippen molar-refractivity contribution >= 4 is 13.7 Å². The molecule has 0 heterocycles. The van der Waals surface area contributed by atoms with E-state index in [1.807, 2.05) is 27.2 Å². The van der Waals surface area contributed by atoms with Crippen molar-refractivity contribution in [1.29, 1.82) is 0 Å². The second kappa shape index (κ2) is 42.0. The Kier molecular flexibility index (Phi) is 40.4. The summed E-state index contributed by atoms with van der Waals surface area (Å²) in [6.45, 7) is 4.58. The summed E-state index contributed by atoms with van der Waals surface area (Å²) in [5, 5.41) is 13.8. The van der Waals surface area contributed by atoms with Gasteiger partial charge < -0.3 is 19.8 Å². The van der Waals surface area contributed by atoms with Crippen molar-refractivity contribution in [3.8, 4) is 0 Å². The van der Waals surface area contributed by atoms with Crippen molar-refractivity contribution in [2.75, 3.05) is 40.9 Å². The first-order valence-corrected chi connectivity index (χ1v) is 25.5. The summed E-state index contributed by atoms with van der Waals surface area (Å²) in [5.74, 6) is -0.198. The number of nitrogens with one attached hydrogen (secondary N) is 1. The molecule has 0 fully saturated rings. The predicted molar refractivity (Wildman–Crippen MR) is 258 cm³/mol.